The van der Waals surface area contributed by atoms with Crippen molar-refractivity contribution in [1.29, 1.82) is 0 Å². The third kappa shape index (κ3) is 2.42. The smallest absolute Gasteiger partial charge is 0.333 e. The number of imidazole rings is 1. The summed E-state index contributed by atoms with van der Waals surface area (Å²) in [6.07, 6.45) is 0.963. The van der Waals surface area contributed by atoms with E-state index in [1.807, 2.05) is 0 Å². The maximum atomic E-state index is 12.4. The van der Waals surface area contributed by atoms with Gasteiger partial charge in [-0.15, -0.1) is 0 Å². The lowest BCUT2D eigenvalue weighted by molar-refractivity contribution is -0.141. The molecule has 0 aliphatic carbocycles. The number of alkyl halides is 3. The molecule has 0 saturated heterocycles. The third-order valence-electron chi connectivity index (χ3n) is 1.94. The van der Waals surface area contributed by atoms with Gasteiger partial charge in [-0.2, -0.15) is 13.2 Å². The molecule has 0 saturated carbocycles. The number of hydrogen-bond acceptors (Lipinski definition) is 1. The fraction of sp³-hybridized carbons (Fsp3) is 0.182. The molecule has 5 heteroatoms. The maximum Gasteiger partial charge on any atom is 0.434 e. The average Bonchev–Trinajstić information content (AvgIpc) is 2.56. The van der Waals surface area contributed by atoms with Gasteiger partial charge in [-0.05, 0) is 0 Å². The van der Waals surface area contributed by atoms with Gasteiger partial charge < -0.3 is 4.57 Å². The molecule has 0 atom stereocenters. The van der Waals surface area contributed by atoms with Crippen LogP contribution in [0.15, 0.2) is 37.6 Å². The molecule has 0 bridgehead atoms. The van der Waals surface area contributed by atoms with E-state index in [-0.39, 0.29) is 5.82 Å². The van der Waals surface area contributed by atoms with Crippen LogP contribution in [0.25, 0.3) is 5.57 Å². The van der Waals surface area contributed by atoms with Gasteiger partial charge in [0.05, 0.1) is 0 Å². The van der Waals surface area contributed by atoms with Crippen molar-refractivity contribution in [1.82, 2.24) is 9.55 Å². The van der Waals surface area contributed by atoms with E-state index in [0.717, 1.165) is 6.20 Å². The van der Waals surface area contributed by atoms with E-state index in [4.69, 9.17) is 0 Å². The predicted octanol–water partition coefficient (Wildman–Crippen LogP) is 3.19. The topological polar surface area (TPSA) is 17.8 Å². The molecule has 1 aromatic heterocycles. The molecule has 1 aromatic rings. The molecule has 16 heavy (non-hydrogen) atoms. The van der Waals surface area contributed by atoms with Crippen LogP contribution >= 0.6 is 0 Å². The van der Waals surface area contributed by atoms with E-state index >= 15 is 0 Å². The Kier molecular flexibility index (Phi) is 3.37. The molecule has 0 amide bonds. The van der Waals surface area contributed by atoms with Crippen LogP contribution in [0.5, 0.6) is 0 Å². The summed E-state index contributed by atoms with van der Waals surface area (Å²) in [5, 5.41) is 0. The van der Waals surface area contributed by atoms with E-state index in [9.17, 15) is 13.2 Å². The standard InChI is InChI=1S/C11H11F3N2/c1-4-6-8(5-2)10-15-9(7-16(10)3)11(12,13)14/h4-7H,1-2H2,3H3/b8-6+. The van der Waals surface area contributed by atoms with E-state index < -0.39 is 11.9 Å². The van der Waals surface area contributed by atoms with Crippen molar-refractivity contribution < 1.29 is 13.2 Å². The second kappa shape index (κ2) is 4.38. The average molecular weight is 228 g/mol. The van der Waals surface area contributed by atoms with Crippen molar-refractivity contribution in [3.05, 3.63) is 49.1 Å². The normalized spacial score (nSPS) is 12.6. The fourth-order valence-corrected chi connectivity index (χ4v) is 1.23. The van der Waals surface area contributed by atoms with Gasteiger partial charge in [0.15, 0.2) is 5.69 Å². The molecule has 0 N–H and O–H groups in total. The van der Waals surface area contributed by atoms with Gasteiger partial charge in [0, 0.05) is 18.8 Å². The maximum absolute atomic E-state index is 12.4. The molecule has 0 aliphatic heterocycles. The van der Waals surface area contributed by atoms with Crippen LogP contribution in [0.1, 0.15) is 11.5 Å². The Morgan fingerprint density at radius 2 is 2.06 bits per heavy atom. The third-order valence-corrected chi connectivity index (χ3v) is 1.94. The van der Waals surface area contributed by atoms with Crippen LogP contribution in [-0.4, -0.2) is 9.55 Å². The summed E-state index contributed by atoms with van der Waals surface area (Å²) in [6, 6.07) is 0. The molecule has 0 aromatic carbocycles. The summed E-state index contributed by atoms with van der Waals surface area (Å²) < 4.78 is 38.5. The van der Waals surface area contributed by atoms with E-state index in [1.54, 1.807) is 6.08 Å². The highest BCUT2D eigenvalue weighted by Gasteiger charge is 2.34. The highest BCUT2D eigenvalue weighted by Crippen LogP contribution is 2.29. The first-order valence-corrected chi connectivity index (χ1v) is 4.46. The Labute approximate surface area is 91.4 Å². The van der Waals surface area contributed by atoms with E-state index in [1.165, 1.54) is 23.8 Å². The molecule has 2 nitrogen and oxygen atoms in total. The second-order valence-corrected chi connectivity index (χ2v) is 3.12. The Hall–Kier alpha value is -1.78. The van der Waals surface area contributed by atoms with E-state index in [2.05, 4.69) is 18.1 Å². The van der Waals surface area contributed by atoms with Crippen LogP contribution in [0, 0.1) is 0 Å². The van der Waals surface area contributed by atoms with Gasteiger partial charge in [0.2, 0.25) is 0 Å². The summed E-state index contributed by atoms with van der Waals surface area (Å²) in [6.45, 7) is 6.99. The molecule has 0 radical (unpaired) electrons. The van der Waals surface area contributed by atoms with Crippen molar-refractivity contribution in [2.75, 3.05) is 0 Å². The molecular formula is C11H11F3N2. The minimum atomic E-state index is -4.43. The quantitative estimate of drug-likeness (QED) is 0.726. The van der Waals surface area contributed by atoms with Crippen molar-refractivity contribution >= 4 is 5.57 Å². The summed E-state index contributed by atoms with van der Waals surface area (Å²) in [4.78, 5) is 3.52. The number of allylic oxidation sites excluding steroid dienone is 4. The zero-order valence-electron chi connectivity index (χ0n) is 8.75. The summed E-state index contributed by atoms with van der Waals surface area (Å²) in [5.41, 5.74) is -0.421. The lowest BCUT2D eigenvalue weighted by Crippen LogP contribution is -2.05. The van der Waals surface area contributed by atoms with Gasteiger partial charge in [-0.3, -0.25) is 0 Å². The molecule has 1 rings (SSSR count). The Morgan fingerprint density at radius 3 is 2.44 bits per heavy atom. The van der Waals surface area contributed by atoms with Crippen LogP contribution in [0.3, 0.4) is 0 Å². The van der Waals surface area contributed by atoms with Crippen LogP contribution in [0.4, 0.5) is 13.2 Å². The highest BCUT2D eigenvalue weighted by atomic mass is 19.4. The van der Waals surface area contributed by atoms with Crippen molar-refractivity contribution in [3.8, 4) is 0 Å². The SMILES string of the molecule is C=C/C=C(\C=C)c1nc(C(F)(F)F)cn1C. The summed E-state index contributed by atoms with van der Waals surface area (Å²) in [7, 11) is 1.50. The van der Waals surface area contributed by atoms with Crippen LogP contribution < -0.4 is 0 Å². The van der Waals surface area contributed by atoms with Crippen LogP contribution in [0.2, 0.25) is 0 Å². The number of halogens is 3. The summed E-state index contributed by atoms with van der Waals surface area (Å²) in [5.74, 6) is 0.210. The highest BCUT2D eigenvalue weighted by molar-refractivity contribution is 5.70. The molecule has 0 fully saturated rings. The molecule has 1 heterocycles. The monoisotopic (exact) mass is 228 g/mol. The largest absolute Gasteiger partial charge is 0.434 e. The van der Waals surface area contributed by atoms with Gasteiger partial charge in [0.25, 0.3) is 0 Å². The second-order valence-electron chi connectivity index (χ2n) is 3.12. The van der Waals surface area contributed by atoms with Gasteiger partial charge in [0.1, 0.15) is 5.82 Å². The Balaban J connectivity index is 3.26. The minimum absolute atomic E-state index is 0.210. The molecule has 86 valence electrons. The molecule has 0 spiro atoms. The van der Waals surface area contributed by atoms with E-state index in [0.29, 0.717) is 5.57 Å². The first-order valence-electron chi connectivity index (χ1n) is 4.46. The first kappa shape index (κ1) is 12.3. The first-order chi connectivity index (χ1) is 7.40. The molecular weight excluding hydrogens is 217 g/mol. The molecule has 0 unspecified atom stereocenters. The lowest BCUT2D eigenvalue weighted by atomic mass is 10.2. The predicted molar refractivity (Wildman–Crippen MR) is 56.6 cm³/mol. The number of rotatable bonds is 3. The number of aryl methyl sites for hydroxylation is 1. The zero-order valence-corrected chi connectivity index (χ0v) is 8.75. The Bertz CT molecular complexity index is 439. The molecule has 0 aliphatic rings. The van der Waals surface area contributed by atoms with Gasteiger partial charge in [-0.25, -0.2) is 4.98 Å². The van der Waals surface area contributed by atoms with Crippen molar-refractivity contribution in [2.45, 2.75) is 6.18 Å². The van der Waals surface area contributed by atoms with Crippen LogP contribution in [-0.2, 0) is 13.2 Å². The number of hydrogen-bond donors (Lipinski definition) is 0. The minimum Gasteiger partial charge on any atom is -0.333 e. The summed E-state index contributed by atoms with van der Waals surface area (Å²) >= 11 is 0. The fourth-order valence-electron chi connectivity index (χ4n) is 1.23. The lowest BCUT2D eigenvalue weighted by Gasteiger charge is -2.00. The van der Waals surface area contributed by atoms with Gasteiger partial charge >= 0.3 is 6.18 Å². The van der Waals surface area contributed by atoms with Crippen molar-refractivity contribution in [3.63, 3.8) is 0 Å². The zero-order chi connectivity index (χ0) is 12.3. The number of nitrogens with zero attached hydrogens (tertiary/aromatic N) is 2. The van der Waals surface area contributed by atoms with Gasteiger partial charge in [-0.1, -0.05) is 31.4 Å². The Morgan fingerprint density at radius 1 is 1.44 bits per heavy atom. The number of aromatic nitrogens is 2. The van der Waals surface area contributed by atoms with Crippen molar-refractivity contribution in [2.24, 2.45) is 7.05 Å².